The Morgan fingerprint density at radius 1 is 0.900 bits per heavy atom. The van der Waals surface area contributed by atoms with Crippen LogP contribution in [0.15, 0.2) is 47.4 Å². The van der Waals surface area contributed by atoms with Crippen LogP contribution in [0, 0.1) is 0 Å². The zero-order valence-electron chi connectivity index (χ0n) is 15.6. The van der Waals surface area contributed by atoms with E-state index in [2.05, 4.69) is 0 Å². The molecule has 11 heteroatoms. The molecule has 1 aliphatic heterocycles. The second-order valence-corrected chi connectivity index (χ2v) is 9.60. The lowest BCUT2D eigenvalue weighted by molar-refractivity contribution is -0.135. The highest BCUT2D eigenvalue weighted by atomic mass is 35.5. The van der Waals surface area contributed by atoms with Gasteiger partial charge >= 0.3 is 5.97 Å². The summed E-state index contributed by atoms with van der Waals surface area (Å²) in [6, 6.07) is 10.5. The smallest absolute Gasteiger partial charge is 0.341 e. The van der Waals surface area contributed by atoms with Crippen LogP contribution in [0.1, 0.15) is 10.4 Å². The molecule has 1 amide bonds. The van der Waals surface area contributed by atoms with E-state index in [9.17, 15) is 18.0 Å². The fourth-order valence-corrected chi connectivity index (χ4v) is 5.02. The average Bonchev–Trinajstić information content (AvgIpc) is 2.72. The van der Waals surface area contributed by atoms with Gasteiger partial charge in [0.1, 0.15) is 0 Å². The number of carbonyl (C=O) groups excluding carboxylic acids is 2. The van der Waals surface area contributed by atoms with Gasteiger partial charge in [0.2, 0.25) is 10.0 Å². The van der Waals surface area contributed by atoms with Crippen molar-refractivity contribution in [1.29, 1.82) is 0 Å². The van der Waals surface area contributed by atoms with Gasteiger partial charge in [-0.3, -0.25) is 4.79 Å². The zero-order chi connectivity index (χ0) is 21.9. The minimum atomic E-state index is -3.68. The van der Waals surface area contributed by atoms with Crippen molar-refractivity contribution in [2.24, 2.45) is 0 Å². The van der Waals surface area contributed by atoms with Crippen LogP contribution in [-0.2, 0) is 19.6 Å². The molecule has 1 fully saturated rings. The van der Waals surface area contributed by atoms with Gasteiger partial charge in [0.05, 0.1) is 20.5 Å². The largest absolute Gasteiger partial charge is 0.452 e. The van der Waals surface area contributed by atoms with Crippen LogP contribution in [0.3, 0.4) is 0 Å². The van der Waals surface area contributed by atoms with Crippen LogP contribution in [0.4, 0.5) is 0 Å². The summed E-state index contributed by atoms with van der Waals surface area (Å²) in [7, 11) is -3.68. The standard InChI is InChI=1S/C19H17Cl3N2O5S/c20-13-4-6-14(7-5-13)30(27,28)24-10-8-23(9-11-24)17(25)12-29-19(26)18-15(21)2-1-3-16(18)22/h1-7H,8-12H2. The molecule has 0 atom stereocenters. The number of piperazine rings is 1. The van der Waals surface area contributed by atoms with Gasteiger partial charge in [-0.05, 0) is 36.4 Å². The summed E-state index contributed by atoms with van der Waals surface area (Å²) in [6.45, 7) is 0.110. The summed E-state index contributed by atoms with van der Waals surface area (Å²) in [5.74, 6) is -1.24. The van der Waals surface area contributed by atoms with Crippen LogP contribution in [0.2, 0.25) is 15.1 Å². The summed E-state index contributed by atoms with van der Waals surface area (Å²) in [6.07, 6.45) is 0. The molecule has 1 aliphatic rings. The number of hydrogen-bond donors (Lipinski definition) is 0. The third-order valence-corrected chi connectivity index (χ3v) is 7.33. The van der Waals surface area contributed by atoms with E-state index in [1.807, 2.05) is 0 Å². The molecule has 7 nitrogen and oxygen atoms in total. The van der Waals surface area contributed by atoms with E-state index in [4.69, 9.17) is 39.5 Å². The predicted molar refractivity (Wildman–Crippen MR) is 114 cm³/mol. The number of esters is 1. The van der Waals surface area contributed by atoms with Gasteiger partial charge in [0.15, 0.2) is 6.61 Å². The Labute approximate surface area is 189 Å². The second kappa shape index (κ2) is 9.53. The molecule has 1 heterocycles. The van der Waals surface area contributed by atoms with E-state index in [-0.39, 0.29) is 46.7 Å². The molecular formula is C19H17Cl3N2O5S. The highest BCUT2D eigenvalue weighted by Gasteiger charge is 2.30. The van der Waals surface area contributed by atoms with E-state index in [1.165, 1.54) is 45.6 Å². The molecule has 30 heavy (non-hydrogen) atoms. The van der Waals surface area contributed by atoms with Gasteiger partial charge in [-0.1, -0.05) is 40.9 Å². The van der Waals surface area contributed by atoms with Gasteiger partial charge in [-0.25, -0.2) is 13.2 Å². The summed E-state index contributed by atoms with van der Waals surface area (Å²) in [4.78, 5) is 26.1. The van der Waals surface area contributed by atoms with Crippen LogP contribution in [-0.4, -0.2) is 62.3 Å². The van der Waals surface area contributed by atoms with E-state index in [1.54, 1.807) is 6.07 Å². The fourth-order valence-electron chi connectivity index (χ4n) is 2.92. The van der Waals surface area contributed by atoms with E-state index >= 15 is 0 Å². The Bertz CT molecular complexity index is 1030. The lowest BCUT2D eigenvalue weighted by Gasteiger charge is -2.33. The second-order valence-electron chi connectivity index (χ2n) is 6.41. The number of amides is 1. The number of benzene rings is 2. The topological polar surface area (TPSA) is 84.0 Å². The normalized spacial score (nSPS) is 15.1. The molecule has 1 saturated heterocycles. The number of carbonyl (C=O) groups is 2. The maximum atomic E-state index is 12.7. The van der Waals surface area contributed by atoms with Crippen LogP contribution < -0.4 is 0 Å². The first-order chi connectivity index (χ1) is 14.2. The quantitative estimate of drug-likeness (QED) is 0.599. The van der Waals surface area contributed by atoms with Gasteiger partial charge < -0.3 is 9.64 Å². The summed E-state index contributed by atoms with van der Waals surface area (Å²) >= 11 is 17.7. The maximum absolute atomic E-state index is 12.7. The highest BCUT2D eigenvalue weighted by Crippen LogP contribution is 2.25. The SMILES string of the molecule is O=C(OCC(=O)N1CCN(S(=O)(=O)c2ccc(Cl)cc2)CC1)c1c(Cl)cccc1Cl. The Kier molecular flexibility index (Phi) is 7.26. The van der Waals surface area contributed by atoms with E-state index in [0.29, 0.717) is 5.02 Å². The number of sulfonamides is 1. The minimum absolute atomic E-state index is 0.00693. The monoisotopic (exact) mass is 490 g/mol. The van der Waals surface area contributed by atoms with E-state index < -0.39 is 28.5 Å². The van der Waals surface area contributed by atoms with Crippen LogP contribution in [0.25, 0.3) is 0 Å². The Hall–Kier alpha value is -1.84. The molecule has 0 unspecified atom stereocenters. The molecule has 0 saturated carbocycles. The van der Waals surface area contributed by atoms with Crippen molar-refractivity contribution in [2.45, 2.75) is 4.90 Å². The van der Waals surface area contributed by atoms with Crippen molar-refractivity contribution >= 4 is 56.7 Å². The maximum Gasteiger partial charge on any atom is 0.341 e. The first-order valence-electron chi connectivity index (χ1n) is 8.85. The minimum Gasteiger partial charge on any atom is -0.452 e. The fraction of sp³-hybridized carbons (Fsp3) is 0.263. The first-order valence-corrected chi connectivity index (χ1v) is 11.4. The van der Waals surface area contributed by atoms with Crippen LogP contribution in [0.5, 0.6) is 0 Å². The van der Waals surface area contributed by atoms with Gasteiger partial charge in [-0.15, -0.1) is 0 Å². The Balaban J connectivity index is 1.55. The van der Waals surface area contributed by atoms with Crippen LogP contribution >= 0.6 is 34.8 Å². The number of hydrogen-bond acceptors (Lipinski definition) is 5. The molecule has 0 spiro atoms. The number of nitrogens with zero attached hydrogens (tertiary/aromatic N) is 2. The molecule has 2 aromatic rings. The number of ether oxygens (including phenoxy) is 1. The van der Waals surface area contributed by atoms with Crippen molar-refractivity contribution < 1.29 is 22.7 Å². The molecule has 160 valence electrons. The van der Waals surface area contributed by atoms with Crippen molar-refractivity contribution in [3.8, 4) is 0 Å². The molecule has 0 radical (unpaired) electrons. The van der Waals surface area contributed by atoms with Gasteiger partial charge in [0.25, 0.3) is 5.91 Å². The zero-order valence-corrected chi connectivity index (χ0v) is 18.6. The molecule has 0 N–H and O–H groups in total. The third kappa shape index (κ3) is 5.07. The lowest BCUT2D eigenvalue weighted by Crippen LogP contribution is -2.51. The first kappa shape index (κ1) is 22.8. The molecule has 0 bridgehead atoms. The van der Waals surface area contributed by atoms with E-state index in [0.717, 1.165) is 0 Å². The van der Waals surface area contributed by atoms with Crippen molar-refractivity contribution in [2.75, 3.05) is 32.8 Å². The van der Waals surface area contributed by atoms with Gasteiger partial charge in [-0.2, -0.15) is 4.31 Å². The Morgan fingerprint density at radius 2 is 1.47 bits per heavy atom. The van der Waals surface area contributed by atoms with Crippen molar-refractivity contribution in [3.63, 3.8) is 0 Å². The Morgan fingerprint density at radius 3 is 2.03 bits per heavy atom. The van der Waals surface area contributed by atoms with Gasteiger partial charge in [0, 0.05) is 31.2 Å². The number of halogens is 3. The molecule has 3 rings (SSSR count). The van der Waals surface area contributed by atoms with Crippen molar-refractivity contribution in [3.05, 3.63) is 63.1 Å². The highest BCUT2D eigenvalue weighted by molar-refractivity contribution is 7.89. The molecular weight excluding hydrogens is 475 g/mol. The van der Waals surface area contributed by atoms with Crippen molar-refractivity contribution in [1.82, 2.24) is 9.21 Å². The summed E-state index contributed by atoms with van der Waals surface area (Å²) in [5.41, 5.74) is -0.00693. The predicted octanol–water partition coefficient (Wildman–Crippen LogP) is 3.34. The summed E-state index contributed by atoms with van der Waals surface area (Å²) < 4.78 is 31.7. The molecule has 2 aromatic carbocycles. The third-order valence-electron chi connectivity index (χ3n) is 4.54. The number of rotatable bonds is 5. The molecule has 0 aromatic heterocycles. The lowest BCUT2D eigenvalue weighted by atomic mass is 10.2. The summed E-state index contributed by atoms with van der Waals surface area (Å²) in [5, 5.41) is 0.693. The average molecular weight is 492 g/mol. The molecule has 0 aliphatic carbocycles.